The molecule has 2 saturated heterocycles. The van der Waals surface area contributed by atoms with E-state index in [-0.39, 0.29) is 97.1 Å². The highest BCUT2D eigenvalue weighted by Crippen LogP contribution is 2.47. The van der Waals surface area contributed by atoms with E-state index in [1.54, 1.807) is 78.8 Å². The van der Waals surface area contributed by atoms with E-state index in [4.69, 9.17) is 33.2 Å². The van der Waals surface area contributed by atoms with E-state index in [0.717, 1.165) is 0 Å². The summed E-state index contributed by atoms with van der Waals surface area (Å²) >= 11 is 0. The molecule has 4 fully saturated rings. The number of halogens is 2. The molecule has 10 atom stereocenters. The van der Waals surface area contributed by atoms with Crippen LogP contribution in [0.15, 0.2) is 60.7 Å². The molecule has 24 nitrogen and oxygen atoms in total. The molecule has 3 N–H and O–H groups in total. The summed E-state index contributed by atoms with van der Waals surface area (Å²) in [7, 11) is 0. The lowest BCUT2D eigenvalue weighted by Crippen LogP contribution is -2.54. The van der Waals surface area contributed by atoms with Crippen molar-refractivity contribution in [2.75, 3.05) is 46.1 Å². The van der Waals surface area contributed by atoms with Crippen molar-refractivity contribution >= 4 is 59.7 Å². The molecule has 0 bridgehead atoms. The fraction of sp³-hybridized carbons (Fsp3) is 0.606. The zero-order valence-corrected chi connectivity index (χ0v) is 53.2. The normalized spacial score (nSPS) is 28.9. The molecule has 6 aliphatic heterocycles. The Balaban J connectivity index is 0.000000218. The monoisotopic (exact) mass is 1290 g/mol. The van der Waals surface area contributed by atoms with Crippen LogP contribution in [-0.2, 0) is 97.7 Å². The smallest absolute Gasteiger partial charge is 0.410 e. The van der Waals surface area contributed by atoms with Crippen molar-refractivity contribution in [1.82, 2.24) is 30.2 Å². The first-order valence-electron chi connectivity index (χ1n) is 31.6. The molecular formula is C66H84F2N6O18. The standard InChI is InChI=1S/C34H44FN3O9.C32H40FN3O9/c1-5-45-31(42)34-16-23(34)11-7-6-8-13-44-20-22(14-28(39)47-33(2,3)4)30(41)38-18-24(15-27(38)29(40)36-34)46-32(43)37-17-21-10-9-12-26(35)25(21)19-37;1-31(2,3)45-26(37)12-20-18-43-11-6-4-5-9-21-14-32(21,29(40)41)34-27(38)25-13-22(16-36(25)28(20)39)44-30(42)35-15-19-8-7-10-24(33)23(19)17-35/h7,9-12,22-24,27H,5-6,8,13-20H2,1-4H3,(H,36,40);5,7-10,20-22,25H,4,6,11-18H2,1-3H3,(H,34,38)(H,40,41)/b11-7-;9-5-/t22-,23+,24+,27-,34+;20-,21+,22+,25-,32+/m00/s1. The van der Waals surface area contributed by atoms with Crippen molar-refractivity contribution in [3.05, 3.63) is 94.6 Å². The molecule has 2 aromatic rings. The van der Waals surface area contributed by atoms with Crippen LogP contribution in [0, 0.1) is 35.3 Å². The molecule has 2 aromatic carbocycles. The molecule has 10 rings (SSSR count). The van der Waals surface area contributed by atoms with Gasteiger partial charge in [0, 0.05) is 62.1 Å². The van der Waals surface area contributed by atoms with Crippen LogP contribution in [0.2, 0.25) is 0 Å². The van der Waals surface area contributed by atoms with E-state index in [2.05, 4.69) is 10.6 Å². The number of carbonyl (C=O) groups excluding carboxylic acids is 9. The van der Waals surface area contributed by atoms with E-state index in [1.807, 2.05) is 18.2 Å². The molecule has 0 aromatic heterocycles. The topological polar surface area (TPSA) is 293 Å². The first-order chi connectivity index (χ1) is 43.6. The minimum atomic E-state index is -1.50. The predicted octanol–water partition coefficient (Wildman–Crippen LogP) is 6.32. The van der Waals surface area contributed by atoms with E-state index < -0.39 is 136 Å². The molecule has 6 amide bonds. The third-order valence-electron chi connectivity index (χ3n) is 17.4. The molecule has 0 unspecified atom stereocenters. The highest BCUT2D eigenvalue weighted by molar-refractivity contribution is 5.97. The maximum Gasteiger partial charge on any atom is 0.410 e. The van der Waals surface area contributed by atoms with Gasteiger partial charge in [-0.2, -0.15) is 0 Å². The van der Waals surface area contributed by atoms with Gasteiger partial charge in [-0.3, -0.25) is 38.6 Å². The number of carbonyl (C=O) groups is 10. The number of ether oxygens (including phenoxy) is 7. The lowest BCUT2D eigenvalue weighted by molar-refractivity contribution is -0.160. The van der Waals surface area contributed by atoms with Crippen LogP contribution in [0.5, 0.6) is 0 Å². The van der Waals surface area contributed by atoms with Gasteiger partial charge in [0.1, 0.15) is 58.2 Å². The average molecular weight is 1290 g/mol. The Hall–Kier alpha value is -8.00. The summed E-state index contributed by atoms with van der Waals surface area (Å²) in [5, 5.41) is 15.6. The lowest BCUT2D eigenvalue weighted by atomic mass is 10.0. The van der Waals surface area contributed by atoms with Crippen molar-refractivity contribution in [2.24, 2.45) is 23.7 Å². The van der Waals surface area contributed by atoms with Crippen molar-refractivity contribution < 1.29 is 95.0 Å². The molecule has 0 radical (unpaired) electrons. The van der Waals surface area contributed by atoms with Gasteiger partial charge in [-0.15, -0.1) is 0 Å². The van der Waals surface area contributed by atoms with Gasteiger partial charge in [0.15, 0.2) is 0 Å². The highest BCUT2D eigenvalue weighted by Gasteiger charge is 2.63. The Morgan fingerprint density at radius 2 is 1.05 bits per heavy atom. The van der Waals surface area contributed by atoms with Crippen LogP contribution in [0.25, 0.3) is 0 Å². The molecule has 500 valence electrons. The minimum absolute atomic E-state index is 0.0193. The maximum absolute atomic E-state index is 14.3. The van der Waals surface area contributed by atoms with Gasteiger partial charge in [0.25, 0.3) is 0 Å². The summed E-state index contributed by atoms with van der Waals surface area (Å²) in [6.45, 7) is 12.7. The van der Waals surface area contributed by atoms with Gasteiger partial charge < -0.3 is 58.7 Å². The van der Waals surface area contributed by atoms with Crippen molar-refractivity contribution in [3.8, 4) is 0 Å². The Morgan fingerprint density at radius 1 is 0.630 bits per heavy atom. The number of amides is 6. The number of fused-ring (bicyclic) bond motifs is 6. The highest BCUT2D eigenvalue weighted by atomic mass is 19.1. The number of hydrogen-bond donors (Lipinski definition) is 3. The number of carboxylic acids is 1. The Kier molecular flexibility index (Phi) is 21.2. The van der Waals surface area contributed by atoms with Gasteiger partial charge in [0.05, 0.1) is 70.7 Å². The quantitative estimate of drug-likeness (QED) is 0.141. The molecule has 2 saturated carbocycles. The molecule has 26 heteroatoms. The van der Waals surface area contributed by atoms with Gasteiger partial charge in [-0.05, 0) is 110 Å². The summed E-state index contributed by atoms with van der Waals surface area (Å²) in [5.41, 5.74) is -2.17. The largest absolute Gasteiger partial charge is 0.479 e. The summed E-state index contributed by atoms with van der Waals surface area (Å²) < 4.78 is 68.0. The Morgan fingerprint density at radius 3 is 1.47 bits per heavy atom. The number of carboxylic acid groups (broad SMARTS) is 1. The molecule has 6 heterocycles. The van der Waals surface area contributed by atoms with Gasteiger partial charge >= 0.3 is 36.1 Å². The summed E-state index contributed by atoms with van der Waals surface area (Å²) in [6.07, 6.45) is 6.58. The first-order valence-corrected chi connectivity index (χ1v) is 31.6. The van der Waals surface area contributed by atoms with Gasteiger partial charge in [-0.1, -0.05) is 48.6 Å². The minimum Gasteiger partial charge on any atom is -0.479 e. The number of hydrogen-bond acceptors (Lipinski definition) is 17. The van der Waals surface area contributed by atoms with Gasteiger partial charge in [0.2, 0.25) is 23.6 Å². The van der Waals surface area contributed by atoms with E-state index in [9.17, 15) is 61.8 Å². The average Bonchev–Trinajstić information content (AvgIpc) is 1.59. The number of aliphatic carboxylic acids is 1. The number of nitrogens with zero attached hydrogens (tertiary/aromatic N) is 4. The van der Waals surface area contributed by atoms with Crippen molar-refractivity contribution in [3.63, 3.8) is 0 Å². The molecule has 0 spiro atoms. The number of benzene rings is 2. The zero-order valence-electron chi connectivity index (χ0n) is 53.2. The third kappa shape index (κ3) is 16.4. The summed E-state index contributed by atoms with van der Waals surface area (Å²) in [5.74, 6) is -8.83. The summed E-state index contributed by atoms with van der Waals surface area (Å²) in [6, 6.07) is 6.99. The van der Waals surface area contributed by atoms with Crippen LogP contribution in [0.4, 0.5) is 18.4 Å². The number of rotatable bonds is 9. The second-order valence-electron chi connectivity index (χ2n) is 26.8. The second kappa shape index (κ2) is 28.5. The zero-order chi connectivity index (χ0) is 66.5. The Labute approximate surface area is 532 Å². The SMILES string of the molecule is CC(C)(C)OC(=O)C[C@H]1COCCC/C=C\[C@@H]2C[C@@]2(C(=O)O)NC(=O)[C@@H]2C[C@@H](OC(=O)N3Cc4cccc(F)c4C3)CN2C1=O.CCOC(=O)[C@@]12C[C@H]1/C=C\CCCOC[C@H](CC(=O)OC(C)(C)C)C(=O)N1C[C@H](OC(=O)N3Cc4cccc(F)c4C3)C[C@H]1C(=O)N2. The van der Waals surface area contributed by atoms with Gasteiger partial charge in [-0.25, -0.2) is 28.0 Å². The number of nitrogens with one attached hydrogen (secondary N) is 2. The van der Waals surface area contributed by atoms with Crippen LogP contribution in [0.1, 0.15) is 135 Å². The predicted molar refractivity (Wildman–Crippen MR) is 321 cm³/mol. The van der Waals surface area contributed by atoms with E-state index in [0.29, 0.717) is 67.6 Å². The fourth-order valence-electron chi connectivity index (χ4n) is 12.6. The van der Waals surface area contributed by atoms with E-state index in [1.165, 1.54) is 31.7 Å². The van der Waals surface area contributed by atoms with E-state index >= 15 is 0 Å². The molecule has 92 heavy (non-hydrogen) atoms. The number of esters is 3. The van der Waals surface area contributed by atoms with Crippen LogP contribution in [-0.4, -0.2) is 177 Å². The van der Waals surface area contributed by atoms with Crippen molar-refractivity contribution in [2.45, 2.75) is 185 Å². The first kappa shape index (κ1) is 68.4. The molecule has 2 aliphatic carbocycles. The fourth-order valence-corrected chi connectivity index (χ4v) is 12.6. The number of allylic oxidation sites excluding steroid dienone is 2. The van der Waals surface area contributed by atoms with Crippen molar-refractivity contribution in [1.29, 1.82) is 0 Å². The van der Waals surface area contributed by atoms with Crippen LogP contribution < -0.4 is 10.6 Å². The van der Waals surface area contributed by atoms with Crippen LogP contribution >= 0.6 is 0 Å². The maximum atomic E-state index is 14.3. The van der Waals surface area contributed by atoms with Crippen LogP contribution in [0.3, 0.4) is 0 Å². The third-order valence-corrected chi connectivity index (χ3v) is 17.4. The second-order valence-corrected chi connectivity index (χ2v) is 26.8. The molecular weight excluding hydrogens is 1200 g/mol. The molecule has 8 aliphatic rings. The lowest BCUT2D eigenvalue weighted by Gasteiger charge is -2.29. The summed E-state index contributed by atoms with van der Waals surface area (Å²) in [4.78, 5) is 139. The Bertz CT molecular complexity index is 3240.